The van der Waals surface area contributed by atoms with Gasteiger partial charge in [0.15, 0.2) is 0 Å². The van der Waals surface area contributed by atoms with Crippen LogP contribution in [0.4, 0.5) is 4.39 Å². The summed E-state index contributed by atoms with van der Waals surface area (Å²) in [6, 6.07) is 6.51. The number of carbonyl (C=O) groups excluding carboxylic acids is 1. The number of rotatable bonds is 2. The molecule has 1 aliphatic rings. The minimum Gasteiger partial charge on any atom is -0.337 e. The summed E-state index contributed by atoms with van der Waals surface area (Å²) < 4.78 is 12.6. The molecule has 2 rings (SSSR count). The minimum absolute atomic E-state index is 0.119. The Morgan fingerprint density at radius 3 is 2.74 bits per heavy atom. The molecule has 100 valence electrons. The van der Waals surface area contributed by atoms with E-state index in [1.54, 1.807) is 4.90 Å². The molecule has 0 bridgehead atoms. The van der Waals surface area contributed by atoms with Crippen LogP contribution in [0.5, 0.6) is 0 Å². The monoisotopic (exact) mass is 279 g/mol. The first-order valence-corrected chi connectivity index (χ1v) is 7.21. The Hall–Kier alpha value is -1.61. The van der Waals surface area contributed by atoms with Gasteiger partial charge in [-0.15, -0.1) is 11.8 Å². The number of carbonyl (C=O) groups is 1. The van der Waals surface area contributed by atoms with E-state index in [4.69, 9.17) is 0 Å². The number of likely N-dealkylation sites (tertiary alicyclic amines) is 1. The molecule has 1 saturated heterocycles. The van der Waals surface area contributed by atoms with E-state index in [0.717, 1.165) is 0 Å². The molecule has 0 N–H and O–H groups in total. The predicted molar refractivity (Wildman–Crippen MR) is 71.2 cm³/mol. The van der Waals surface area contributed by atoms with Crippen molar-refractivity contribution in [3.63, 3.8) is 0 Å². The Morgan fingerprint density at radius 1 is 1.53 bits per heavy atom. The summed E-state index contributed by atoms with van der Waals surface area (Å²) in [6.07, 6.45) is 3.17. The smallest absolute Gasteiger partial charge is 0.272 e. The molecule has 1 aromatic heterocycles. The molecule has 1 aliphatic heterocycles. The highest BCUT2D eigenvalue weighted by molar-refractivity contribution is 8.00. The standard InChI is InChI=1S/C13H14FN3OS/c1-19-13(9-15)5-7-17(8-6-13)12(18)10-3-2-4-11(14)16-10/h2-4H,5-8H2,1H3. The number of pyridine rings is 1. The molecule has 6 heteroatoms. The zero-order chi connectivity index (χ0) is 13.9. The summed E-state index contributed by atoms with van der Waals surface area (Å²) in [5, 5.41) is 9.18. The van der Waals surface area contributed by atoms with Gasteiger partial charge >= 0.3 is 0 Å². The van der Waals surface area contributed by atoms with Crippen molar-refractivity contribution >= 4 is 17.7 Å². The minimum atomic E-state index is -0.654. The molecule has 0 saturated carbocycles. The molecular formula is C13H14FN3OS. The Morgan fingerprint density at radius 2 is 2.21 bits per heavy atom. The lowest BCUT2D eigenvalue weighted by Crippen LogP contribution is -2.44. The fourth-order valence-corrected chi connectivity index (χ4v) is 2.80. The third-order valence-electron chi connectivity index (χ3n) is 3.39. The van der Waals surface area contributed by atoms with E-state index in [1.165, 1.54) is 30.0 Å². The maximum absolute atomic E-state index is 13.0. The second-order valence-corrected chi connectivity index (χ2v) is 5.64. The van der Waals surface area contributed by atoms with E-state index >= 15 is 0 Å². The summed E-state index contributed by atoms with van der Waals surface area (Å²) in [5.74, 6) is -0.925. The van der Waals surface area contributed by atoms with Crippen LogP contribution in [0.2, 0.25) is 0 Å². The Bertz CT molecular complexity index is 521. The predicted octanol–water partition coefficient (Wildman–Crippen LogP) is 2.08. The number of nitriles is 1. The normalized spacial score (nSPS) is 17.8. The second kappa shape index (κ2) is 5.57. The zero-order valence-corrected chi connectivity index (χ0v) is 11.4. The van der Waals surface area contributed by atoms with E-state index in [-0.39, 0.29) is 11.6 Å². The highest BCUT2D eigenvalue weighted by atomic mass is 32.2. The van der Waals surface area contributed by atoms with Gasteiger partial charge in [0, 0.05) is 13.1 Å². The summed E-state index contributed by atoms with van der Waals surface area (Å²) in [7, 11) is 0. The molecule has 2 heterocycles. The number of amides is 1. The number of thioether (sulfide) groups is 1. The first-order valence-electron chi connectivity index (χ1n) is 5.98. The van der Waals surface area contributed by atoms with Gasteiger partial charge in [-0.3, -0.25) is 4.79 Å². The Kier molecular flexibility index (Phi) is 4.05. The average Bonchev–Trinajstić information content (AvgIpc) is 2.46. The molecule has 1 fully saturated rings. The third kappa shape index (κ3) is 2.87. The number of hydrogen-bond donors (Lipinski definition) is 0. The van der Waals surface area contributed by atoms with Crippen LogP contribution in [0.15, 0.2) is 18.2 Å². The largest absolute Gasteiger partial charge is 0.337 e. The first-order chi connectivity index (χ1) is 9.10. The summed E-state index contributed by atoms with van der Waals surface area (Å²) in [6.45, 7) is 1.01. The molecule has 0 aromatic carbocycles. The van der Waals surface area contributed by atoms with Gasteiger partial charge in [-0.25, -0.2) is 4.98 Å². The van der Waals surface area contributed by atoms with Gasteiger partial charge in [0.1, 0.15) is 10.4 Å². The topological polar surface area (TPSA) is 57.0 Å². The van der Waals surface area contributed by atoms with Crippen LogP contribution in [0.3, 0.4) is 0 Å². The second-order valence-electron chi connectivity index (χ2n) is 4.45. The number of aromatic nitrogens is 1. The number of halogens is 1. The molecule has 0 aliphatic carbocycles. The van der Waals surface area contributed by atoms with Crippen LogP contribution in [-0.2, 0) is 0 Å². The highest BCUT2D eigenvalue weighted by Gasteiger charge is 2.35. The van der Waals surface area contributed by atoms with Gasteiger partial charge in [-0.05, 0) is 31.2 Å². The average molecular weight is 279 g/mol. The molecule has 19 heavy (non-hydrogen) atoms. The van der Waals surface area contributed by atoms with E-state index in [0.29, 0.717) is 25.9 Å². The lowest BCUT2D eigenvalue weighted by Gasteiger charge is -2.35. The number of piperidine rings is 1. The van der Waals surface area contributed by atoms with Crippen LogP contribution >= 0.6 is 11.8 Å². The van der Waals surface area contributed by atoms with Crippen molar-refractivity contribution < 1.29 is 9.18 Å². The molecule has 0 atom stereocenters. The first kappa shape index (κ1) is 13.8. The van der Waals surface area contributed by atoms with Crippen LogP contribution in [0.25, 0.3) is 0 Å². The maximum atomic E-state index is 13.0. The summed E-state index contributed by atoms with van der Waals surface area (Å²) in [5.41, 5.74) is 0.119. The third-order valence-corrected chi connectivity index (χ3v) is 4.67. The molecule has 0 spiro atoms. The molecular weight excluding hydrogens is 265 g/mol. The van der Waals surface area contributed by atoms with E-state index in [9.17, 15) is 14.4 Å². The zero-order valence-electron chi connectivity index (χ0n) is 10.6. The number of hydrogen-bond acceptors (Lipinski definition) is 4. The van der Waals surface area contributed by atoms with Gasteiger partial charge in [0.25, 0.3) is 5.91 Å². The summed E-state index contributed by atoms with van der Waals surface area (Å²) in [4.78, 5) is 17.4. The molecule has 1 amide bonds. The fourth-order valence-electron chi connectivity index (χ4n) is 2.12. The Balaban J connectivity index is 2.06. The molecule has 1 aromatic rings. The van der Waals surface area contributed by atoms with Crippen molar-refractivity contribution in [1.82, 2.24) is 9.88 Å². The van der Waals surface area contributed by atoms with Crippen LogP contribution in [0, 0.1) is 17.3 Å². The lowest BCUT2D eigenvalue weighted by molar-refractivity contribution is 0.0709. The van der Waals surface area contributed by atoms with Gasteiger partial charge in [-0.1, -0.05) is 6.07 Å². The summed E-state index contributed by atoms with van der Waals surface area (Å²) >= 11 is 1.53. The highest BCUT2D eigenvalue weighted by Crippen LogP contribution is 2.34. The van der Waals surface area contributed by atoms with Crippen molar-refractivity contribution in [2.45, 2.75) is 17.6 Å². The lowest BCUT2D eigenvalue weighted by atomic mass is 9.97. The van der Waals surface area contributed by atoms with Gasteiger partial charge in [0.2, 0.25) is 5.95 Å². The van der Waals surface area contributed by atoms with E-state index in [2.05, 4.69) is 11.1 Å². The van der Waals surface area contributed by atoms with E-state index < -0.39 is 10.7 Å². The quantitative estimate of drug-likeness (QED) is 0.778. The van der Waals surface area contributed by atoms with E-state index in [1.807, 2.05) is 6.26 Å². The van der Waals surface area contributed by atoms with Crippen LogP contribution in [0.1, 0.15) is 23.3 Å². The molecule has 0 radical (unpaired) electrons. The van der Waals surface area contributed by atoms with Crippen LogP contribution in [-0.4, -0.2) is 39.9 Å². The van der Waals surface area contributed by atoms with Crippen molar-refractivity contribution in [2.75, 3.05) is 19.3 Å². The fraction of sp³-hybridized carbons (Fsp3) is 0.462. The van der Waals surface area contributed by atoms with Crippen molar-refractivity contribution in [3.05, 3.63) is 29.8 Å². The van der Waals surface area contributed by atoms with Crippen molar-refractivity contribution in [3.8, 4) is 6.07 Å². The Labute approximate surface area is 115 Å². The number of nitrogens with zero attached hydrogens (tertiary/aromatic N) is 3. The SMILES string of the molecule is CSC1(C#N)CCN(C(=O)c2cccc(F)n2)CC1. The maximum Gasteiger partial charge on any atom is 0.272 e. The van der Waals surface area contributed by atoms with Gasteiger partial charge < -0.3 is 4.90 Å². The van der Waals surface area contributed by atoms with Gasteiger partial charge in [-0.2, -0.15) is 9.65 Å². The molecule has 0 unspecified atom stereocenters. The van der Waals surface area contributed by atoms with Crippen molar-refractivity contribution in [1.29, 1.82) is 5.26 Å². The van der Waals surface area contributed by atoms with Gasteiger partial charge in [0.05, 0.1) is 6.07 Å². The van der Waals surface area contributed by atoms with Crippen LogP contribution < -0.4 is 0 Å². The van der Waals surface area contributed by atoms with Crippen molar-refractivity contribution in [2.24, 2.45) is 0 Å². The molecule has 4 nitrogen and oxygen atoms in total.